The number of nitrogens with one attached hydrogen (secondary N) is 1. The summed E-state index contributed by atoms with van der Waals surface area (Å²) in [6, 6.07) is 11.0. The van der Waals surface area contributed by atoms with Crippen molar-refractivity contribution in [3.8, 4) is 5.75 Å². The normalized spacial score (nSPS) is 12.4. The third kappa shape index (κ3) is 5.38. The summed E-state index contributed by atoms with van der Waals surface area (Å²) >= 11 is 1.78. The van der Waals surface area contributed by atoms with Crippen LogP contribution >= 0.6 is 11.8 Å². The second-order valence-corrected chi connectivity index (χ2v) is 6.21. The SMILES string of the molecule is O=[N+]([O-])c1cc([N+](=O)[O-])c(O)c([N+](=O)[O-])c1.c1ccc(NC2=NCCS2)cc1. The number of nitro groups is 3. The van der Waals surface area contributed by atoms with Gasteiger partial charge in [-0.2, -0.15) is 0 Å². The second kappa shape index (κ2) is 9.27. The topological polar surface area (TPSA) is 174 Å². The molecule has 0 saturated heterocycles. The monoisotopic (exact) mass is 407 g/mol. The Morgan fingerprint density at radius 2 is 1.54 bits per heavy atom. The van der Waals surface area contributed by atoms with Crippen LogP contribution in [0.5, 0.6) is 5.75 Å². The van der Waals surface area contributed by atoms with E-state index in [0.717, 1.165) is 23.2 Å². The van der Waals surface area contributed by atoms with Gasteiger partial charge >= 0.3 is 11.4 Å². The Bertz CT molecular complexity index is 901. The van der Waals surface area contributed by atoms with Crippen LogP contribution in [0.15, 0.2) is 47.5 Å². The first-order chi connectivity index (χ1) is 13.3. The smallest absolute Gasteiger partial charge is 0.324 e. The van der Waals surface area contributed by atoms with E-state index in [4.69, 9.17) is 5.11 Å². The average Bonchev–Trinajstić information content (AvgIpc) is 3.15. The second-order valence-electron chi connectivity index (χ2n) is 5.13. The summed E-state index contributed by atoms with van der Waals surface area (Å²) in [6.07, 6.45) is 0. The quantitative estimate of drug-likeness (QED) is 0.569. The van der Waals surface area contributed by atoms with Crippen LogP contribution in [-0.2, 0) is 0 Å². The van der Waals surface area contributed by atoms with Crippen LogP contribution in [0.25, 0.3) is 0 Å². The largest absolute Gasteiger partial charge is 0.497 e. The Labute approximate surface area is 161 Å². The van der Waals surface area contributed by atoms with E-state index in [2.05, 4.69) is 10.3 Å². The molecule has 0 aromatic heterocycles. The van der Waals surface area contributed by atoms with Crippen LogP contribution < -0.4 is 5.32 Å². The van der Waals surface area contributed by atoms with Gasteiger partial charge in [0, 0.05) is 11.4 Å². The summed E-state index contributed by atoms with van der Waals surface area (Å²) in [6.45, 7) is 0.944. The Morgan fingerprint density at radius 3 is 1.96 bits per heavy atom. The van der Waals surface area contributed by atoms with Crippen molar-refractivity contribution in [1.82, 2.24) is 0 Å². The minimum Gasteiger partial charge on any atom is -0.497 e. The lowest BCUT2D eigenvalue weighted by atomic mass is 10.2. The molecule has 0 amide bonds. The number of phenols is 1. The molecule has 0 radical (unpaired) electrons. The molecule has 0 saturated carbocycles. The number of non-ortho nitro benzene ring substituents is 1. The van der Waals surface area contributed by atoms with Gasteiger partial charge in [-0.15, -0.1) is 0 Å². The van der Waals surface area contributed by atoms with Gasteiger partial charge in [0.2, 0.25) is 0 Å². The number of thioether (sulfide) groups is 1. The van der Waals surface area contributed by atoms with E-state index in [1.54, 1.807) is 11.8 Å². The number of aromatic hydroxyl groups is 1. The number of hydrogen-bond donors (Lipinski definition) is 2. The van der Waals surface area contributed by atoms with Gasteiger partial charge in [0.1, 0.15) is 0 Å². The van der Waals surface area contributed by atoms with Gasteiger partial charge < -0.3 is 10.4 Å². The number of hydrogen-bond acceptors (Lipinski definition) is 10. The van der Waals surface area contributed by atoms with Gasteiger partial charge in [0.15, 0.2) is 5.17 Å². The number of anilines is 1. The van der Waals surface area contributed by atoms with Crippen LogP contribution in [0.1, 0.15) is 0 Å². The molecule has 3 rings (SSSR count). The number of nitro benzene ring substituents is 3. The van der Waals surface area contributed by atoms with Crippen LogP contribution in [0.4, 0.5) is 22.7 Å². The molecular weight excluding hydrogens is 394 g/mol. The fraction of sp³-hybridized carbons (Fsp3) is 0.133. The fourth-order valence-electron chi connectivity index (χ4n) is 2.03. The fourth-order valence-corrected chi connectivity index (χ4v) is 2.78. The van der Waals surface area contributed by atoms with Crippen LogP contribution in [-0.4, -0.2) is 37.3 Å². The Balaban J connectivity index is 0.000000207. The number of benzene rings is 2. The van der Waals surface area contributed by atoms with Crippen molar-refractivity contribution in [3.63, 3.8) is 0 Å². The van der Waals surface area contributed by atoms with E-state index in [9.17, 15) is 30.3 Å². The number of aliphatic imine (C=N–C) groups is 1. The molecule has 28 heavy (non-hydrogen) atoms. The number of rotatable bonds is 4. The first-order valence-electron chi connectivity index (χ1n) is 7.59. The van der Waals surface area contributed by atoms with E-state index in [1.165, 1.54) is 0 Å². The molecule has 0 fully saturated rings. The zero-order valence-corrected chi connectivity index (χ0v) is 14.9. The van der Waals surface area contributed by atoms with E-state index in [0.29, 0.717) is 12.1 Å². The summed E-state index contributed by atoms with van der Waals surface area (Å²) in [7, 11) is 0. The first kappa shape index (κ1) is 20.6. The highest BCUT2D eigenvalue weighted by Gasteiger charge is 2.30. The molecule has 2 aromatic carbocycles. The van der Waals surface area contributed by atoms with Crippen LogP contribution in [0, 0.1) is 30.3 Å². The summed E-state index contributed by atoms with van der Waals surface area (Å²) in [4.78, 5) is 32.1. The number of amidine groups is 1. The van der Waals surface area contributed by atoms with Crippen molar-refractivity contribution in [2.75, 3.05) is 17.6 Å². The first-order valence-corrected chi connectivity index (χ1v) is 8.57. The molecule has 2 N–H and O–H groups in total. The van der Waals surface area contributed by atoms with Crippen LogP contribution in [0.2, 0.25) is 0 Å². The molecule has 0 spiro atoms. The van der Waals surface area contributed by atoms with Crippen molar-refractivity contribution in [3.05, 3.63) is 72.8 Å². The number of phenolic OH excluding ortho intramolecular Hbond substituents is 1. The van der Waals surface area contributed by atoms with E-state index >= 15 is 0 Å². The highest BCUT2D eigenvalue weighted by atomic mass is 32.2. The van der Waals surface area contributed by atoms with Gasteiger partial charge in [-0.25, -0.2) is 0 Å². The lowest BCUT2D eigenvalue weighted by molar-refractivity contribution is -0.404. The Morgan fingerprint density at radius 1 is 0.964 bits per heavy atom. The van der Waals surface area contributed by atoms with Gasteiger partial charge in [-0.3, -0.25) is 35.3 Å². The average molecular weight is 407 g/mol. The minimum absolute atomic E-state index is 0.447. The summed E-state index contributed by atoms with van der Waals surface area (Å²) < 4.78 is 0. The molecule has 1 heterocycles. The predicted octanol–water partition coefficient (Wildman–Crippen LogP) is 3.32. The molecule has 0 unspecified atom stereocenters. The predicted molar refractivity (Wildman–Crippen MR) is 103 cm³/mol. The summed E-state index contributed by atoms with van der Waals surface area (Å²) in [5.74, 6) is -0.101. The molecule has 1 aliphatic heterocycles. The molecule has 146 valence electrons. The highest BCUT2D eigenvalue weighted by Crippen LogP contribution is 2.38. The minimum atomic E-state index is -1.21. The standard InChI is InChI=1S/C9H10N2S.C6H3N3O7/c1-2-4-8(5-3-1)11-9-10-6-7-12-9;10-6-4(8(13)14)1-3(7(11)12)2-5(6)9(15)16/h1-5H,6-7H2,(H,10,11);1-2,10H. The zero-order valence-electron chi connectivity index (χ0n) is 14.0. The zero-order chi connectivity index (χ0) is 20.7. The van der Waals surface area contributed by atoms with E-state index in [1.807, 2.05) is 30.3 Å². The van der Waals surface area contributed by atoms with Gasteiger partial charge in [-0.1, -0.05) is 30.0 Å². The maximum absolute atomic E-state index is 10.4. The van der Waals surface area contributed by atoms with E-state index in [-0.39, 0.29) is 0 Å². The molecule has 12 nitrogen and oxygen atoms in total. The summed E-state index contributed by atoms with van der Waals surface area (Å²) in [5, 5.41) is 44.5. The maximum atomic E-state index is 10.4. The molecule has 0 aliphatic carbocycles. The molecule has 2 aromatic rings. The van der Waals surface area contributed by atoms with Gasteiger partial charge in [0.25, 0.3) is 11.4 Å². The van der Waals surface area contributed by atoms with Crippen molar-refractivity contribution in [2.24, 2.45) is 4.99 Å². The highest BCUT2D eigenvalue weighted by molar-refractivity contribution is 8.14. The van der Waals surface area contributed by atoms with E-state index < -0.39 is 37.6 Å². The Hall–Kier alpha value is -3.74. The number of para-hydroxylation sites is 1. The lowest BCUT2D eigenvalue weighted by Crippen LogP contribution is -2.03. The Kier molecular flexibility index (Phi) is 6.81. The third-order valence-corrected chi connectivity index (χ3v) is 4.16. The maximum Gasteiger partial charge on any atom is 0.324 e. The van der Waals surface area contributed by atoms with Crippen molar-refractivity contribution >= 4 is 39.7 Å². The van der Waals surface area contributed by atoms with Crippen molar-refractivity contribution in [1.29, 1.82) is 0 Å². The van der Waals surface area contributed by atoms with Crippen molar-refractivity contribution in [2.45, 2.75) is 0 Å². The molecule has 13 heteroatoms. The van der Waals surface area contributed by atoms with Crippen molar-refractivity contribution < 1.29 is 19.9 Å². The molecule has 1 aliphatic rings. The molecular formula is C15H13N5O7S. The third-order valence-electron chi connectivity index (χ3n) is 3.27. The lowest BCUT2D eigenvalue weighted by Gasteiger charge is -2.02. The van der Waals surface area contributed by atoms with Gasteiger partial charge in [-0.05, 0) is 12.1 Å². The summed E-state index contributed by atoms with van der Waals surface area (Å²) in [5.41, 5.74) is -1.89. The molecule has 0 atom stereocenters. The number of nitrogens with zero attached hydrogens (tertiary/aromatic N) is 4. The molecule has 0 bridgehead atoms. The van der Waals surface area contributed by atoms with Gasteiger partial charge in [0.05, 0.1) is 33.4 Å². The van der Waals surface area contributed by atoms with Crippen LogP contribution in [0.3, 0.4) is 0 Å².